The summed E-state index contributed by atoms with van der Waals surface area (Å²) in [4.78, 5) is 22.9. The molecule has 0 N–H and O–H groups in total. The third-order valence-corrected chi connectivity index (χ3v) is 3.80. The fraction of sp³-hybridized carbons (Fsp3) is 0.235. The lowest BCUT2D eigenvalue weighted by Gasteiger charge is -2.16. The van der Waals surface area contributed by atoms with Gasteiger partial charge in [-0.15, -0.1) is 0 Å². The number of nitro benzene ring substituents is 1. The molecule has 0 heterocycles. The zero-order valence-corrected chi connectivity index (χ0v) is 12.0. The average Bonchev–Trinajstić information content (AvgIpc) is 2.53. The lowest BCUT2D eigenvalue weighted by Crippen LogP contribution is -2.13. The van der Waals surface area contributed by atoms with Crippen LogP contribution in [0.25, 0.3) is 0 Å². The number of ether oxygens (including phenoxy) is 1. The first-order valence-electron chi connectivity index (χ1n) is 7.17. The summed E-state index contributed by atoms with van der Waals surface area (Å²) in [6, 6.07) is 12.6. The van der Waals surface area contributed by atoms with Gasteiger partial charge in [-0.25, -0.2) is 0 Å². The van der Waals surface area contributed by atoms with Crippen LogP contribution in [0.15, 0.2) is 42.5 Å². The van der Waals surface area contributed by atoms with E-state index in [0.717, 1.165) is 5.56 Å². The van der Waals surface area contributed by atoms with Crippen molar-refractivity contribution in [1.82, 2.24) is 0 Å². The van der Waals surface area contributed by atoms with Gasteiger partial charge in [0.15, 0.2) is 11.5 Å². The van der Waals surface area contributed by atoms with Crippen molar-refractivity contribution in [3.8, 4) is 5.75 Å². The SMILES string of the molecule is O=C1CCCc2c1ccc(OCc1ccccc1)c2[N+](=O)[O-]. The van der Waals surface area contributed by atoms with E-state index in [1.54, 1.807) is 6.07 Å². The van der Waals surface area contributed by atoms with E-state index >= 15 is 0 Å². The lowest BCUT2D eigenvalue weighted by molar-refractivity contribution is -0.386. The van der Waals surface area contributed by atoms with Crippen molar-refractivity contribution < 1.29 is 14.5 Å². The van der Waals surface area contributed by atoms with Crippen LogP contribution in [-0.2, 0) is 13.0 Å². The second-order valence-electron chi connectivity index (χ2n) is 5.25. The van der Waals surface area contributed by atoms with E-state index in [0.29, 0.717) is 30.4 Å². The Morgan fingerprint density at radius 2 is 1.86 bits per heavy atom. The topological polar surface area (TPSA) is 69.4 Å². The molecule has 0 saturated heterocycles. The van der Waals surface area contributed by atoms with Crippen molar-refractivity contribution in [3.63, 3.8) is 0 Å². The minimum absolute atomic E-state index is 0.0287. The molecule has 0 aliphatic heterocycles. The number of hydrogen-bond donors (Lipinski definition) is 0. The normalized spacial score (nSPS) is 13.5. The minimum atomic E-state index is -0.447. The Morgan fingerprint density at radius 3 is 2.59 bits per heavy atom. The molecule has 2 aromatic rings. The van der Waals surface area contributed by atoms with Crippen molar-refractivity contribution >= 4 is 11.5 Å². The third-order valence-electron chi connectivity index (χ3n) is 3.80. The molecule has 1 aliphatic carbocycles. The Hall–Kier alpha value is -2.69. The zero-order valence-electron chi connectivity index (χ0n) is 12.0. The molecule has 0 spiro atoms. The number of ketones is 1. The molecule has 0 radical (unpaired) electrons. The summed E-state index contributed by atoms with van der Waals surface area (Å²) in [5.74, 6) is 0.196. The molecule has 112 valence electrons. The van der Waals surface area contributed by atoms with Crippen LogP contribution in [0.2, 0.25) is 0 Å². The molecule has 5 heteroatoms. The molecule has 3 rings (SSSR count). The number of benzene rings is 2. The van der Waals surface area contributed by atoms with Crippen molar-refractivity contribution in [2.24, 2.45) is 0 Å². The number of carbonyl (C=O) groups excluding carboxylic acids is 1. The molecular weight excluding hydrogens is 282 g/mol. The Morgan fingerprint density at radius 1 is 1.09 bits per heavy atom. The summed E-state index contributed by atoms with van der Waals surface area (Å²) in [6.45, 7) is 0.258. The van der Waals surface area contributed by atoms with E-state index in [-0.39, 0.29) is 23.8 Å². The molecule has 2 aromatic carbocycles. The highest BCUT2D eigenvalue weighted by Gasteiger charge is 2.29. The highest BCUT2D eigenvalue weighted by atomic mass is 16.6. The number of hydrogen-bond acceptors (Lipinski definition) is 4. The summed E-state index contributed by atoms with van der Waals surface area (Å²) in [5.41, 5.74) is 1.84. The molecular formula is C17H15NO4. The predicted molar refractivity (Wildman–Crippen MR) is 81.1 cm³/mol. The van der Waals surface area contributed by atoms with Crippen molar-refractivity contribution in [1.29, 1.82) is 0 Å². The second kappa shape index (κ2) is 5.97. The summed E-state index contributed by atoms with van der Waals surface area (Å²) in [5, 5.41) is 11.4. The van der Waals surface area contributed by atoms with Gasteiger partial charge in [-0.05, 0) is 30.5 Å². The highest BCUT2D eigenvalue weighted by Crippen LogP contribution is 2.37. The molecule has 0 bridgehead atoms. The van der Waals surface area contributed by atoms with Crippen LogP contribution in [-0.4, -0.2) is 10.7 Å². The Labute approximate surface area is 127 Å². The molecule has 0 unspecified atom stereocenters. The standard InChI is InChI=1S/C17H15NO4/c19-15-8-4-7-14-13(15)9-10-16(17(14)18(20)21)22-11-12-5-2-1-3-6-12/h1-3,5-6,9-10H,4,7-8,11H2. The number of fused-ring (bicyclic) bond motifs is 1. The Balaban J connectivity index is 1.94. The van der Waals surface area contributed by atoms with E-state index in [2.05, 4.69) is 0 Å². The summed E-state index contributed by atoms with van der Waals surface area (Å²) in [7, 11) is 0. The van der Waals surface area contributed by atoms with Gasteiger partial charge in [-0.1, -0.05) is 30.3 Å². The minimum Gasteiger partial charge on any atom is -0.482 e. The molecule has 0 aromatic heterocycles. The number of nitrogens with zero attached hydrogens (tertiary/aromatic N) is 1. The van der Waals surface area contributed by atoms with E-state index in [4.69, 9.17) is 4.74 Å². The van der Waals surface area contributed by atoms with Gasteiger partial charge < -0.3 is 4.74 Å². The van der Waals surface area contributed by atoms with Crippen LogP contribution in [0.5, 0.6) is 5.75 Å². The summed E-state index contributed by atoms with van der Waals surface area (Å²) in [6.07, 6.45) is 1.64. The average molecular weight is 297 g/mol. The molecule has 0 saturated carbocycles. The van der Waals surface area contributed by atoms with Crippen LogP contribution in [0.4, 0.5) is 5.69 Å². The molecule has 0 atom stereocenters. The van der Waals surface area contributed by atoms with Gasteiger partial charge >= 0.3 is 5.69 Å². The van der Waals surface area contributed by atoms with Crippen molar-refractivity contribution in [2.45, 2.75) is 25.9 Å². The number of carbonyl (C=O) groups is 1. The van der Waals surface area contributed by atoms with Crippen LogP contribution >= 0.6 is 0 Å². The maximum absolute atomic E-state index is 11.9. The molecule has 1 aliphatic rings. The second-order valence-corrected chi connectivity index (χ2v) is 5.25. The van der Waals surface area contributed by atoms with Crippen molar-refractivity contribution in [3.05, 3.63) is 69.3 Å². The quantitative estimate of drug-likeness (QED) is 0.637. The predicted octanol–water partition coefficient (Wildman–Crippen LogP) is 3.69. The molecule has 0 amide bonds. The van der Waals surface area contributed by atoms with Gasteiger partial charge in [0.2, 0.25) is 0 Å². The van der Waals surface area contributed by atoms with E-state index in [1.807, 2.05) is 30.3 Å². The van der Waals surface area contributed by atoms with Gasteiger partial charge in [0.05, 0.1) is 4.92 Å². The first kappa shape index (κ1) is 14.3. The van der Waals surface area contributed by atoms with Gasteiger partial charge in [-0.3, -0.25) is 14.9 Å². The number of Topliss-reactive ketones (excluding diaryl/α,β-unsaturated/α-hetero) is 1. The van der Waals surface area contributed by atoms with Gasteiger partial charge in [-0.2, -0.15) is 0 Å². The van der Waals surface area contributed by atoms with Gasteiger partial charge in [0, 0.05) is 17.5 Å². The molecule has 22 heavy (non-hydrogen) atoms. The fourth-order valence-electron chi connectivity index (χ4n) is 2.74. The monoisotopic (exact) mass is 297 g/mol. The van der Waals surface area contributed by atoms with Crippen LogP contribution in [0, 0.1) is 10.1 Å². The largest absolute Gasteiger partial charge is 0.482 e. The van der Waals surface area contributed by atoms with Crippen LogP contribution in [0.1, 0.15) is 34.3 Å². The van der Waals surface area contributed by atoms with E-state index in [1.165, 1.54) is 6.07 Å². The lowest BCUT2D eigenvalue weighted by atomic mass is 9.89. The molecule has 5 nitrogen and oxygen atoms in total. The first-order chi connectivity index (χ1) is 10.7. The van der Waals surface area contributed by atoms with E-state index < -0.39 is 4.92 Å². The van der Waals surface area contributed by atoms with Crippen LogP contribution < -0.4 is 4.74 Å². The first-order valence-corrected chi connectivity index (χ1v) is 7.17. The fourth-order valence-corrected chi connectivity index (χ4v) is 2.74. The number of nitro groups is 1. The highest BCUT2D eigenvalue weighted by molar-refractivity contribution is 5.99. The number of rotatable bonds is 4. The van der Waals surface area contributed by atoms with Crippen LogP contribution in [0.3, 0.4) is 0 Å². The maximum atomic E-state index is 11.9. The Bertz CT molecular complexity index is 725. The Kier molecular flexibility index (Phi) is 3.87. The smallest absolute Gasteiger partial charge is 0.314 e. The zero-order chi connectivity index (χ0) is 15.5. The summed E-state index contributed by atoms with van der Waals surface area (Å²) < 4.78 is 5.63. The third kappa shape index (κ3) is 2.70. The summed E-state index contributed by atoms with van der Waals surface area (Å²) >= 11 is 0. The van der Waals surface area contributed by atoms with Gasteiger partial charge in [0.1, 0.15) is 6.61 Å². The van der Waals surface area contributed by atoms with Crippen molar-refractivity contribution in [2.75, 3.05) is 0 Å². The molecule has 0 fully saturated rings. The van der Waals surface area contributed by atoms with E-state index in [9.17, 15) is 14.9 Å². The van der Waals surface area contributed by atoms with Gasteiger partial charge in [0.25, 0.3) is 0 Å². The maximum Gasteiger partial charge on any atom is 0.314 e.